The molecule has 4 rings (SSSR count). The highest BCUT2D eigenvalue weighted by Crippen LogP contribution is 2.30. The predicted molar refractivity (Wildman–Crippen MR) is 121 cm³/mol. The van der Waals surface area contributed by atoms with Gasteiger partial charge in [0.05, 0.1) is 12.8 Å². The molecule has 0 fully saturated rings. The van der Waals surface area contributed by atoms with Crippen molar-refractivity contribution in [3.05, 3.63) is 76.0 Å². The maximum atomic E-state index is 12.3. The summed E-state index contributed by atoms with van der Waals surface area (Å²) in [6.45, 7) is 0.635. The summed E-state index contributed by atoms with van der Waals surface area (Å²) < 4.78 is 16.1. The number of esters is 1. The molecule has 1 aromatic heterocycles. The lowest BCUT2D eigenvalue weighted by Gasteiger charge is -2.18. The molecule has 2 N–H and O–H groups in total. The van der Waals surface area contributed by atoms with E-state index < -0.39 is 17.8 Å². The summed E-state index contributed by atoms with van der Waals surface area (Å²) in [7, 11) is 0. The molecule has 2 heterocycles. The molecule has 2 amide bonds. The second kappa shape index (κ2) is 10.4. The fourth-order valence-corrected chi connectivity index (χ4v) is 3.44. The number of hydrazone groups is 1. The first-order valence-electron chi connectivity index (χ1n) is 9.94. The van der Waals surface area contributed by atoms with Gasteiger partial charge in [-0.15, -0.1) is 11.3 Å². The van der Waals surface area contributed by atoms with Crippen molar-refractivity contribution in [3.63, 3.8) is 0 Å². The van der Waals surface area contributed by atoms with E-state index in [9.17, 15) is 14.4 Å². The molecule has 1 aliphatic rings. The number of amides is 2. The van der Waals surface area contributed by atoms with Crippen molar-refractivity contribution in [1.29, 1.82) is 0 Å². The Kier molecular flexibility index (Phi) is 6.96. The van der Waals surface area contributed by atoms with E-state index >= 15 is 0 Å². The third kappa shape index (κ3) is 5.95. The van der Waals surface area contributed by atoms with Crippen molar-refractivity contribution in [3.8, 4) is 17.2 Å². The zero-order valence-corrected chi connectivity index (χ0v) is 18.1. The van der Waals surface area contributed by atoms with Gasteiger partial charge < -0.3 is 19.5 Å². The van der Waals surface area contributed by atoms with Crippen LogP contribution in [-0.4, -0.2) is 43.8 Å². The number of hydrogen-bond acceptors (Lipinski definition) is 8. The predicted octanol–water partition coefficient (Wildman–Crippen LogP) is 2.62. The number of benzene rings is 2. The van der Waals surface area contributed by atoms with Gasteiger partial charge in [0.1, 0.15) is 23.8 Å². The molecule has 0 saturated carbocycles. The van der Waals surface area contributed by atoms with Gasteiger partial charge >= 0.3 is 5.97 Å². The minimum Gasteiger partial charge on any atom is -0.486 e. The van der Waals surface area contributed by atoms with E-state index in [0.717, 1.165) is 0 Å². The van der Waals surface area contributed by atoms with Crippen LogP contribution < -0.4 is 25.0 Å². The van der Waals surface area contributed by atoms with Crippen molar-refractivity contribution >= 4 is 35.3 Å². The fourth-order valence-electron chi connectivity index (χ4n) is 2.84. The van der Waals surface area contributed by atoms with E-state index in [2.05, 4.69) is 15.8 Å². The zero-order valence-electron chi connectivity index (χ0n) is 17.3. The Morgan fingerprint density at radius 2 is 1.82 bits per heavy atom. The highest BCUT2D eigenvalue weighted by Gasteiger charge is 2.15. The second-order valence-corrected chi connectivity index (χ2v) is 7.72. The Morgan fingerprint density at radius 1 is 1.03 bits per heavy atom. The molecule has 168 valence electrons. The summed E-state index contributed by atoms with van der Waals surface area (Å²) in [6.07, 6.45) is 1.44. The monoisotopic (exact) mass is 465 g/mol. The highest BCUT2D eigenvalue weighted by molar-refractivity contribution is 7.12. The summed E-state index contributed by atoms with van der Waals surface area (Å²) in [5.74, 6) is 0.152. The molecule has 0 radical (unpaired) electrons. The molecule has 0 saturated heterocycles. The number of nitrogens with zero attached hydrogens (tertiary/aromatic N) is 1. The van der Waals surface area contributed by atoms with Crippen molar-refractivity contribution in [2.24, 2.45) is 5.10 Å². The molecule has 10 heteroatoms. The van der Waals surface area contributed by atoms with Crippen molar-refractivity contribution < 1.29 is 28.6 Å². The third-order valence-corrected chi connectivity index (χ3v) is 5.28. The normalized spacial score (nSPS) is 12.2. The molecule has 2 aromatic carbocycles. The highest BCUT2D eigenvalue weighted by atomic mass is 32.1. The standard InChI is InChI=1S/C23H19N3O6S/c27-21(14-24-22(28)16-5-8-18-19(12-16)31-10-9-30-18)26-25-13-15-3-6-17(7-4-15)32-23(29)20-2-1-11-33-20/h1-8,11-13H,9-10,14H2,(H,24,28)(H,26,27)/b25-13-. The number of ether oxygens (including phenoxy) is 3. The number of carbonyl (C=O) groups excluding carboxylic acids is 3. The quantitative estimate of drug-likeness (QED) is 0.240. The smallest absolute Gasteiger partial charge is 0.353 e. The number of fused-ring (bicyclic) bond motifs is 1. The van der Waals surface area contributed by atoms with Crippen LogP contribution in [0.5, 0.6) is 17.2 Å². The lowest BCUT2D eigenvalue weighted by molar-refractivity contribution is -0.120. The maximum absolute atomic E-state index is 12.3. The molecule has 0 unspecified atom stereocenters. The van der Waals surface area contributed by atoms with Crippen molar-refractivity contribution in [2.75, 3.05) is 19.8 Å². The molecule has 0 spiro atoms. The largest absolute Gasteiger partial charge is 0.486 e. The summed E-state index contributed by atoms with van der Waals surface area (Å²) >= 11 is 1.30. The van der Waals surface area contributed by atoms with Crippen molar-refractivity contribution in [2.45, 2.75) is 0 Å². The van der Waals surface area contributed by atoms with Gasteiger partial charge in [0.15, 0.2) is 11.5 Å². The van der Waals surface area contributed by atoms with Crippen LogP contribution in [0.3, 0.4) is 0 Å². The number of rotatable bonds is 7. The van der Waals surface area contributed by atoms with Crippen LogP contribution in [0.1, 0.15) is 25.6 Å². The topological polar surface area (TPSA) is 115 Å². The first-order valence-corrected chi connectivity index (χ1v) is 10.8. The van der Waals surface area contributed by atoms with Gasteiger partial charge in [-0.25, -0.2) is 10.2 Å². The van der Waals surface area contributed by atoms with E-state index in [1.165, 1.54) is 17.6 Å². The fraction of sp³-hybridized carbons (Fsp3) is 0.130. The summed E-state index contributed by atoms with van der Waals surface area (Å²) in [4.78, 5) is 36.7. The van der Waals surface area contributed by atoms with Gasteiger partial charge in [0.2, 0.25) is 0 Å². The number of hydrogen-bond donors (Lipinski definition) is 2. The Labute approximate surface area is 193 Å². The molecule has 1 aliphatic heterocycles. The third-order valence-electron chi connectivity index (χ3n) is 4.43. The molecular weight excluding hydrogens is 446 g/mol. The van der Waals surface area contributed by atoms with Crippen LogP contribution in [-0.2, 0) is 4.79 Å². The SMILES string of the molecule is O=C(CNC(=O)c1ccc2c(c1)OCCO2)N/N=C\c1ccc(OC(=O)c2cccs2)cc1. The summed E-state index contributed by atoms with van der Waals surface area (Å²) in [5.41, 5.74) is 3.38. The van der Waals surface area contributed by atoms with Gasteiger partial charge in [-0.1, -0.05) is 6.07 Å². The Balaban J connectivity index is 1.22. The molecular formula is C23H19N3O6S. The lowest BCUT2D eigenvalue weighted by atomic mass is 10.2. The summed E-state index contributed by atoms with van der Waals surface area (Å²) in [6, 6.07) is 14.9. The van der Waals surface area contributed by atoms with Crippen LogP contribution >= 0.6 is 11.3 Å². The van der Waals surface area contributed by atoms with E-state index in [1.807, 2.05) is 0 Å². The molecule has 0 aliphatic carbocycles. The minimum atomic E-state index is -0.487. The maximum Gasteiger partial charge on any atom is 0.353 e. The van der Waals surface area contributed by atoms with E-state index in [1.54, 1.807) is 60.0 Å². The Hall–Kier alpha value is -4.18. The Morgan fingerprint density at radius 3 is 2.58 bits per heavy atom. The van der Waals surface area contributed by atoms with Crippen LogP contribution in [0, 0.1) is 0 Å². The lowest BCUT2D eigenvalue weighted by Crippen LogP contribution is -2.35. The van der Waals surface area contributed by atoms with Gasteiger partial charge in [-0.3, -0.25) is 9.59 Å². The van der Waals surface area contributed by atoms with Crippen LogP contribution in [0.25, 0.3) is 0 Å². The minimum absolute atomic E-state index is 0.248. The average molecular weight is 465 g/mol. The van der Waals surface area contributed by atoms with E-state index in [4.69, 9.17) is 14.2 Å². The van der Waals surface area contributed by atoms with E-state index in [0.29, 0.717) is 46.5 Å². The summed E-state index contributed by atoms with van der Waals surface area (Å²) in [5, 5.41) is 8.19. The van der Waals surface area contributed by atoms with Crippen LogP contribution in [0.4, 0.5) is 0 Å². The van der Waals surface area contributed by atoms with E-state index in [-0.39, 0.29) is 6.54 Å². The van der Waals surface area contributed by atoms with Gasteiger partial charge in [-0.05, 0) is 59.5 Å². The number of nitrogens with one attached hydrogen (secondary N) is 2. The van der Waals surface area contributed by atoms with Crippen LogP contribution in [0.15, 0.2) is 65.1 Å². The second-order valence-electron chi connectivity index (χ2n) is 6.77. The first-order chi connectivity index (χ1) is 16.1. The van der Waals surface area contributed by atoms with Gasteiger partial charge in [0.25, 0.3) is 11.8 Å². The molecule has 9 nitrogen and oxygen atoms in total. The molecule has 0 bridgehead atoms. The number of carbonyl (C=O) groups is 3. The molecule has 0 atom stereocenters. The van der Waals surface area contributed by atoms with Gasteiger partial charge in [-0.2, -0.15) is 5.10 Å². The molecule has 33 heavy (non-hydrogen) atoms. The molecule has 3 aromatic rings. The van der Waals surface area contributed by atoms with Crippen molar-refractivity contribution in [1.82, 2.24) is 10.7 Å². The van der Waals surface area contributed by atoms with Gasteiger partial charge in [0, 0.05) is 5.56 Å². The first kappa shape index (κ1) is 22.0. The Bertz CT molecular complexity index is 1180. The number of thiophene rings is 1. The average Bonchev–Trinajstić information content (AvgIpc) is 3.39. The zero-order chi connectivity index (χ0) is 23.0. The van der Waals surface area contributed by atoms with Crippen LogP contribution in [0.2, 0.25) is 0 Å².